The van der Waals surface area contributed by atoms with Crippen molar-refractivity contribution in [1.29, 1.82) is 0 Å². The van der Waals surface area contributed by atoms with Crippen molar-refractivity contribution in [2.75, 3.05) is 44.6 Å². The van der Waals surface area contributed by atoms with Crippen LogP contribution in [0.4, 0.5) is 21.0 Å². The van der Waals surface area contributed by atoms with Crippen LogP contribution in [-0.2, 0) is 14.3 Å². The van der Waals surface area contributed by atoms with Crippen LogP contribution in [0.25, 0.3) is 0 Å². The minimum absolute atomic E-state index is 0.103. The summed E-state index contributed by atoms with van der Waals surface area (Å²) in [6.07, 6.45) is 0.736. The quantitative estimate of drug-likeness (QED) is 0.334. The van der Waals surface area contributed by atoms with Gasteiger partial charge in [0, 0.05) is 36.8 Å². The number of amides is 4. The average molecular weight is 497 g/mol. The van der Waals surface area contributed by atoms with E-state index >= 15 is 0 Å². The molecule has 1 unspecified atom stereocenters. The number of nitrogens with one attached hydrogen (secondary N) is 3. The lowest BCUT2D eigenvalue weighted by Gasteiger charge is -2.35. The SMILES string of the molecule is CCCN1C(=O)NC(c2ccc(NC(=O)Nc3cccc(OC)c3)cc2)C(C(=O)OCCOC)=C1C. The third-order valence-corrected chi connectivity index (χ3v) is 5.61. The number of anilines is 2. The molecule has 1 aliphatic rings. The molecule has 0 spiro atoms. The zero-order valence-electron chi connectivity index (χ0n) is 20.9. The van der Waals surface area contributed by atoms with Crippen LogP contribution in [0.3, 0.4) is 0 Å². The molecule has 0 aliphatic carbocycles. The second-order valence-corrected chi connectivity index (χ2v) is 8.10. The van der Waals surface area contributed by atoms with E-state index in [-0.39, 0.29) is 19.2 Å². The molecule has 2 aromatic rings. The van der Waals surface area contributed by atoms with Gasteiger partial charge in [-0.15, -0.1) is 0 Å². The lowest BCUT2D eigenvalue weighted by atomic mass is 9.94. The first-order valence-electron chi connectivity index (χ1n) is 11.6. The number of ether oxygens (including phenoxy) is 3. The van der Waals surface area contributed by atoms with Crippen molar-refractivity contribution in [3.05, 3.63) is 65.4 Å². The van der Waals surface area contributed by atoms with Crippen LogP contribution in [0.15, 0.2) is 59.8 Å². The molecule has 1 atom stereocenters. The van der Waals surface area contributed by atoms with Crippen molar-refractivity contribution in [3.63, 3.8) is 0 Å². The van der Waals surface area contributed by atoms with Gasteiger partial charge in [0.15, 0.2) is 0 Å². The topological polar surface area (TPSA) is 118 Å². The number of methoxy groups -OCH3 is 2. The van der Waals surface area contributed by atoms with Gasteiger partial charge < -0.3 is 30.2 Å². The van der Waals surface area contributed by atoms with E-state index in [1.165, 1.54) is 7.11 Å². The Morgan fingerprint density at radius 2 is 1.75 bits per heavy atom. The highest BCUT2D eigenvalue weighted by Crippen LogP contribution is 2.32. The maximum Gasteiger partial charge on any atom is 0.338 e. The fourth-order valence-electron chi connectivity index (χ4n) is 3.84. The predicted molar refractivity (Wildman–Crippen MR) is 136 cm³/mol. The number of rotatable bonds is 10. The van der Waals surface area contributed by atoms with Gasteiger partial charge in [-0.1, -0.05) is 25.1 Å². The number of carbonyl (C=O) groups excluding carboxylic acids is 3. The Morgan fingerprint density at radius 1 is 1.03 bits per heavy atom. The fourth-order valence-corrected chi connectivity index (χ4v) is 3.84. The maximum absolute atomic E-state index is 13.0. The van der Waals surface area contributed by atoms with Gasteiger partial charge in [-0.25, -0.2) is 14.4 Å². The van der Waals surface area contributed by atoms with Gasteiger partial charge in [-0.05, 0) is 43.2 Å². The summed E-state index contributed by atoms with van der Waals surface area (Å²) in [6, 6.07) is 12.5. The standard InChI is InChI=1S/C26H32N4O6/c1-5-13-30-17(2)22(24(31)36-15-14-34-3)23(29-26(30)33)18-9-11-19(12-10-18)27-25(32)28-20-7-6-8-21(16-20)35-4/h6-12,16,23H,5,13-15H2,1-4H3,(H,29,33)(H2,27,28,32). The normalized spacial score (nSPS) is 15.3. The Labute approximate surface area is 210 Å². The van der Waals surface area contributed by atoms with Gasteiger partial charge in [0.25, 0.3) is 0 Å². The molecular formula is C26H32N4O6. The first-order valence-corrected chi connectivity index (χ1v) is 11.6. The van der Waals surface area contributed by atoms with Crippen molar-refractivity contribution < 1.29 is 28.6 Å². The summed E-state index contributed by atoms with van der Waals surface area (Å²) >= 11 is 0. The monoisotopic (exact) mass is 496 g/mol. The Bertz CT molecular complexity index is 1120. The van der Waals surface area contributed by atoms with Gasteiger partial charge in [-0.2, -0.15) is 0 Å². The van der Waals surface area contributed by atoms with Crippen molar-refractivity contribution in [1.82, 2.24) is 10.2 Å². The number of urea groups is 2. The first-order chi connectivity index (χ1) is 17.4. The number of hydrogen-bond donors (Lipinski definition) is 3. The number of allylic oxidation sites excluding steroid dienone is 1. The molecule has 2 aromatic carbocycles. The number of carbonyl (C=O) groups is 3. The van der Waals surface area contributed by atoms with E-state index in [2.05, 4.69) is 16.0 Å². The van der Waals surface area contributed by atoms with Crippen LogP contribution in [0.1, 0.15) is 31.9 Å². The summed E-state index contributed by atoms with van der Waals surface area (Å²) in [5.74, 6) is 0.111. The number of nitrogens with zero attached hydrogens (tertiary/aromatic N) is 1. The van der Waals surface area contributed by atoms with Crippen LogP contribution in [0.2, 0.25) is 0 Å². The molecule has 10 nitrogen and oxygen atoms in total. The molecule has 36 heavy (non-hydrogen) atoms. The van der Waals surface area contributed by atoms with Crippen LogP contribution in [0.5, 0.6) is 5.75 Å². The van der Waals surface area contributed by atoms with Crippen LogP contribution in [-0.4, -0.2) is 56.9 Å². The Kier molecular flexibility index (Phi) is 9.29. The van der Waals surface area contributed by atoms with Gasteiger partial charge in [0.2, 0.25) is 0 Å². The molecule has 4 amide bonds. The lowest BCUT2D eigenvalue weighted by molar-refractivity contribution is -0.140. The van der Waals surface area contributed by atoms with E-state index in [0.717, 1.165) is 6.42 Å². The number of esters is 1. The molecule has 0 saturated carbocycles. The molecule has 0 bridgehead atoms. The highest BCUT2D eigenvalue weighted by atomic mass is 16.6. The summed E-state index contributed by atoms with van der Waals surface area (Å²) in [4.78, 5) is 39.7. The molecule has 192 valence electrons. The summed E-state index contributed by atoms with van der Waals surface area (Å²) in [5, 5.41) is 8.42. The summed E-state index contributed by atoms with van der Waals surface area (Å²) in [5.41, 5.74) is 2.71. The maximum atomic E-state index is 13.0. The molecule has 3 N–H and O–H groups in total. The second kappa shape index (κ2) is 12.6. The first kappa shape index (κ1) is 26.6. The Morgan fingerprint density at radius 3 is 2.42 bits per heavy atom. The molecule has 0 saturated heterocycles. The molecule has 3 rings (SSSR count). The van der Waals surface area contributed by atoms with E-state index in [9.17, 15) is 14.4 Å². The highest BCUT2D eigenvalue weighted by molar-refractivity contribution is 6.00. The number of benzene rings is 2. The van der Waals surface area contributed by atoms with Crippen molar-refractivity contribution in [2.45, 2.75) is 26.3 Å². The minimum Gasteiger partial charge on any atom is -0.497 e. The zero-order valence-corrected chi connectivity index (χ0v) is 20.9. The molecule has 1 heterocycles. The van der Waals surface area contributed by atoms with Crippen molar-refractivity contribution in [3.8, 4) is 5.75 Å². The third-order valence-electron chi connectivity index (χ3n) is 5.61. The van der Waals surface area contributed by atoms with Crippen LogP contribution < -0.4 is 20.7 Å². The zero-order chi connectivity index (χ0) is 26.1. The molecule has 0 aromatic heterocycles. The van der Waals surface area contributed by atoms with E-state index in [1.54, 1.807) is 67.5 Å². The summed E-state index contributed by atoms with van der Waals surface area (Å²) in [7, 11) is 3.08. The molecular weight excluding hydrogens is 464 g/mol. The minimum atomic E-state index is -0.694. The van der Waals surface area contributed by atoms with Gasteiger partial charge in [-0.3, -0.25) is 4.90 Å². The van der Waals surface area contributed by atoms with Crippen LogP contribution >= 0.6 is 0 Å². The van der Waals surface area contributed by atoms with Gasteiger partial charge >= 0.3 is 18.0 Å². The van der Waals surface area contributed by atoms with Gasteiger partial charge in [0.1, 0.15) is 12.4 Å². The lowest BCUT2D eigenvalue weighted by Crippen LogP contribution is -2.48. The second-order valence-electron chi connectivity index (χ2n) is 8.10. The van der Waals surface area contributed by atoms with E-state index < -0.39 is 18.0 Å². The van der Waals surface area contributed by atoms with Crippen LogP contribution in [0, 0.1) is 0 Å². The van der Waals surface area contributed by atoms with Gasteiger partial charge in [0.05, 0.1) is 25.3 Å². The summed E-state index contributed by atoms with van der Waals surface area (Å²) < 4.78 is 15.5. The molecule has 10 heteroatoms. The molecule has 1 aliphatic heterocycles. The summed E-state index contributed by atoms with van der Waals surface area (Å²) in [6.45, 7) is 4.55. The largest absolute Gasteiger partial charge is 0.497 e. The Balaban J connectivity index is 1.77. The molecule has 0 fully saturated rings. The fraction of sp³-hybridized carbons (Fsp3) is 0.346. The van der Waals surface area contributed by atoms with E-state index in [4.69, 9.17) is 14.2 Å². The average Bonchev–Trinajstić information content (AvgIpc) is 2.86. The van der Waals surface area contributed by atoms with Crippen molar-refractivity contribution in [2.24, 2.45) is 0 Å². The van der Waals surface area contributed by atoms with Crippen molar-refractivity contribution >= 4 is 29.4 Å². The highest BCUT2D eigenvalue weighted by Gasteiger charge is 2.36. The smallest absolute Gasteiger partial charge is 0.338 e. The number of hydrogen-bond acceptors (Lipinski definition) is 6. The molecule has 0 radical (unpaired) electrons. The predicted octanol–water partition coefficient (Wildman–Crippen LogP) is 4.28. The Hall–Kier alpha value is -4.05. The van der Waals surface area contributed by atoms with E-state index in [1.807, 2.05) is 6.92 Å². The van der Waals surface area contributed by atoms with E-state index in [0.29, 0.717) is 40.5 Å². The third kappa shape index (κ3) is 6.54.